The van der Waals surface area contributed by atoms with Crippen LogP contribution >= 0.6 is 0 Å². The van der Waals surface area contributed by atoms with Gasteiger partial charge in [0.05, 0.1) is 0 Å². The van der Waals surface area contributed by atoms with Gasteiger partial charge >= 0.3 is 0 Å². The fraction of sp³-hybridized carbons (Fsp3) is 0.654. The summed E-state index contributed by atoms with van der Waals surface area (Å²) >= 11 is 0. The molecule has 3 aliphatic rings. The van der Waals surface area contributed by atoms with Crippen molar-refractivity contribution in [3.05, 3.63) is 53.1 Å². The van der Waals surface area contributed by atoms with E-state index in [0.717, 1.165) is 17.8 Å². The zero-order valence-electron chi connectivity index (χ0n) is 17.0. The molecule has 0 bridgehead atoms. The summed E-state index contributed by atoms with van der Waals surface area (Å²) in [5.74, 6) is 8.36. The average Bonchev–Trinajstić information content (AvgIpc) is 2.70. The van der Waals surface area contributed by atoms with Crippen molar-refractivity contribution in [2.75, 3.05) is 0 Å². The van der Waals surface area contributed by atoms with Crippen LogP contribution in [0.15, 0.2) is 24.3 Å². The molecule has 1 aromatic carbocycles. The molecule has 0 aliphatic heterocycles. The highest BCUT2D eigenvalue weighted by molar-refractivity contribution is 5.25. The Morgan fingerprint density at radius 3 is 1.46 bits per heavy atom. The third-order valence-corrected chi connectivity index (χ3v) is 7.80. The van der Waals surface area contributed by atoms with Crippen LogP contribution in [0, 0.1) is 36.5 Å². The Bertz CT molecular complexity index is 532. The van der Waals surface area contributed by atoms with Crippen LogP contribution in [0.25, 0.3) is 0 Å². The summed E-state index contributed by atoms with van der Waals surface area (Å²) in [6, 6.07) is 9.32. The minimum Gasteiger partial charge on any atom is -0.0591 e. The van der Waals surface area contributed by atoms with E-state index in [1.54, 1.807) is 11.5 Å². The van der Waals surface area contributed by atoms with Gasteiger partial charge in [0.25, 0.3) is 0 Å². The van der Waals surface area contributed by atoms with Crippen LogP contribution in [-0.4, -0.2) is 0 Å². The Morgan fingerprint density at radius 2 is 0.962 bits per heavy atom. The Labute approximate surface area is 162 Å². The summed E-state index contributed by atoms with van der Waals surface area (Å²) in [4.78, 5) is 0. The highest BCUT2D eigenvalue weighted by atomic mass is 14.4. The normalized spacial score (nSPS) is 26.4. The minimum atomic E-state index is 0.812. The Morgan fingerprint density at radius 1 is 0.538 bits per heavy atom. The van der Waals surface area contributed by atoms with Crippen molar-refractivity contribution < 1.29 is 0 Å². The first-order valence-corrected chi connectivity index (χ1v) is 11.3. The van der Waals surface area contributed by atoms with Crippen LogP contribution in [-0.2, 0) is 0 Å². The second kappa shape index (κ2) is 8.49. The molecule has 0 amide bonds. The van der Waals surface area contributed by atoms with Crippen LogP contribution < -0.4 is 0 Å². The molecule has 0 aromatic heterocycles. The van der Waals surface area contributed by atoms with Crippen LogP contribution in [0.2, 0.25) is 0 Å². The van der Waals surface area contributed by atoms with Crippen LogP contribution in [0.1, 0.15) is 101 Å². The van der Waals surface area contributed by atoms with E-state index < -0.39 is 0 Å². The summed E-state index contributed by atoms with van der Waals surface area (Å²) in [5.41, 5.74) is 2.97. The van der Waals surface area contributed by atoms with Gasteiger partial charge in [0.2, 0.25) is 0 Å². The molecular formula is C26H37. The first-order chi connectivity index (χ1) is 12.7. The number of hydrogen-bond donors (Lipinski definition) is 0. The molecule has 141 valence electrons. The lowest BCUT2D eigenvalue weighted by atomic mass is 9.65. The first-order valence-electron chi connectivity index (χ1n) is 11.3. The van der Waals surface area contributed by atoms with Gasteiger partial charge in [-0.2, -0.15) is 0 Å². The predicted molar refractivity (Wildman–Crippen MR) is 112 cm³/mol. The minimum absolute atomic E-state index is 0.812. The number of rotatable bonds is 3. The second-order valence-electron chi connectivity index (χ2n) is 9.51. The van der Waals surface area contributed by atoms with Gasteiger partial charge in [-0.3, -0.25) is 0 Å². The van der Waals surface area contributed by atoms with Crippen LogP contribution in [0.5, 0.6) is 0 Å². The van der Waals surface area contributed by atoms with E-state index in [1.807, 2.05) is 11.8 Å². The summed E-state index contributed by atoms with van der Waals surface area (Å²) < 4.78 is 0. The van der Waals surface area contributed by atoms with Crippen molar-refractivity contribution >= 4 is 0 Å². The van der Waals surface area contributed by atoms with Gasteiger partial charge in [-0.1, -0.05) is 36.8 Å². The lowest BCUT2D eigenvalue weighted by Crippen LogP contribution is -2.27. The topological polar surface area (TPSA) is 0 Å². The Balaban J connectivity index is 1.23. The monoisotopic (exact) mass is 349 g/mol. The summed E-state index contributed by atoms with van der Waals surface area (Å²) in [7, 11) is 0. The van der Waals surface area contributed by atoms with E-state index >= 15 is 0 Å². The SMILES string of the molecule is C[C]1CCC([C]2CCC([C]3CCC(c4ccc(C)cc4)CC3)CC2)CC1. The largest absolute Gasteiger partial charge is 0.0591 e. The van der Waals surface area contributed by atoms with Crippen molar-refractivity contribution in [2.24, 2.45) is 11.8 Å². The smallest absolute Gasteiger partial charge is 0.0162 e. The maximum atomic E-state index is 2.37. The lowest BCUT2D eigenvalue weighted by molar-refractivity contribution is 0.277. The Hall–Kier alpha value is -0.780. The number of hydrogen-bond acceptors (Lipinski definition) is 0. The van der Waals surface area contributed by atoms with E-state index in [0.29, 0.717) is 0 Å². The zero-order chi connectivity index (χ0) is 17.9. The third-order valence-electron chi connectivity index (χ3n) is 7.80. The van der Waals surface area contributed by atoms with E-state index in [1.165, 1.54) is 82.6 Å². The summed E-state index contributed by atoms with van der Waals surface area (Å²) in [5, 5.41) is 0. The molecule has 0 spiro atoms. The number of aryl methyl sites for hydroxylation is 1. The Kier molecular flexibility index (Phi) is 6.07. The average molecular weight is 350 g/mol. The molecule has 0 saturated heterocycles. The highest BCUT2D eigenvalue weighted by Crippen LogP contribution is 2.48. The van der Waals surface area contributed by atoms with E-state index in [9.17, 15) is 0 Å². The molecule has 3 aliphatic carbocycles. The summed E-state index contributed by atoms with van der Waals surface area (Å²) in [6.45, 7) is 4.55. The molecule has 0 heteroatoms. The molecule has 0 nitrogen and oxygen atoms in total. The predicted octanol–water partition coefficient (Wildman–Crippen LogP) is 7.78. The standard InChI is InChI=1S/C26H37/c1-19-3-7-21(8-4-19)23-11-15-25(16-12-23)26-17-13-24(14-18-26)22-9-5-20(2)6-10-22/h3-4,7-8,22-23,26H,5-6,9-18H2,1-2H3. The molecular weight excluding hydrogens is 312 g/mol. The molecule has 0 atom stereocenters. The van der Waals surface area contributed by atoms with Gasteiger partial charge in [-0.15, -0.1) is 0 Å². The van der Waals surface area contributed by atoms with Crippen molar-refractivity contribution in [2.45, 2.75) is 96.8 Å². The highest BCUT2D eigenvalue weighted by Gasteiger charge is 2.34. The maximum absolute atomic E-state index is 2.37. The fourth-order valence-electron chi connectivity index (χ4n) is 5.89. The zero-order valence-corrected chi connectivity index (χ0v) is 17.0. The van der Waals surface area contributed by atoms with Crippen molar-refractivity contribution in [1.29, 1.82) is 0 Å². The van der Waals surface area contributed by atoms with Crippen molar-refractivity contribution in [3.8, 4) is 0 Å². The van der Waals surface area contributed by atoms with Gasteiger partial charge in [0.15, 0.2) is 0 Å². The van der Waals surface area contributed by atoms with E-state index in [4.69, 9.17) is 0 Å². The number of benzene rings is 1. The van der Waals surface area contributed by atoms with Gasteiger partial charge in [0.1, 0.15) is 0 Å². The van der Waals surface area contributed by atoms with E-state index in [2.05, 4.69) is 38.1 Å². The molecule has 4 rings (SSSR count). The van der Waals surface area contributed by atoms with Crippen LogP contribution in [0.4, 0.5) is 0 Å². The van der Waals surface area contributed by atoms with Gasteiger partial charge in [-0.25, -0.2) is 0 Å². The van der Waals surface area contributed by atoms with Gasteiger partial charge in [-0.05, 0) is 125 Å². The molecule has 0 N–H and O–H groups in total. The molecule has 0 heterocycles. The van der Waals surface area contributed by atoms with Gasteiger partial charge < -0.3 is 0 Å². The summed E-state index contributed by atoms with van der Waals surface area (Å²) in [6.07, 6.45) is 17.1. The molecule has 3 saturated carbocycles. The quantitative estimate of drug-likeness (QED) is 0.522. The third kappa shape index (κ3) is 4.37. The van der Waals surface area contributed by atoms with Crippen molar-refractivity contribution in [1.82, 2.24) is 0 Å². The molecule has 26 heavy (non-hydrogen) atoms. The second-order valence-corrected chi connectivity index (χ2v) is 9.51. The van der Waals surface area contributed by atoms with Gasteiger partial charge in [0, 0.05) is 0 Å². The lowest BCUT2D eigenvalue weighted by Gasteiger charge is -2.40. The fourth-order valence-corrected chi connectivity index (χ4v) is 5.89. The molecule has 1 aromatic rings. The van der Waals surface area contributed by atoms with Crippen LogP contribution in [0.3, 0.4) is 0 Å². The molecule has 0 unspecified atom stereocenters. The molecule has 3 radical (unpaired) electrons. The molecule has 3 fully saturated rings. The maximum Gasteiger partial charge on any atom is -0.0162 e. The first kappa shape index (κ1) is 18.6. The van der Waals surface area contributed by atoms with E-state index in [-0.39, 0.29) is 0 Å². The van der Waals surface area contributed by atoms with Crippen molar-refractivity contribution in [3.63, 3.8) is 0 Å².